The minimum absolute atomic E-state index is 0.0839. The predicted molar refractivity (Wildman–Crippen MR) is 188 cm³/mol. The van der Waals surface area contributed by atoms with Crippen molar-refractivity contribution in [2.45, 2.75) is 76.4 Å². The van der Waals surface area contributed by atoms with Gasteiger partial charge in [-0.3, -0.25) is 14.4 Å². The van der Waals surface area contributed by atoms with Gasteiger partial charge in [-0.2, -0.15) is 11.8 Å². The first-order chi connectivity index (χ1) is 22.8. The van der Waals surface area contributed by atoms with Gasteiger partial charge < -0.3 is 35.1 Å². The molecule has 0 spiro atoms. The molecule has 2 amide bonds. The van der Waals surface area contributed by atoms with Gasteiger partial charge in [-0.05, 0) is 111 Å². The van der Waals surface area contributed by atoms with E-state index >= 15 is 0 Å². The molecule has 11 heteroatoms. The van der Waals surface area contributed by atoms with Gasteiger partial charge in [-0.25, -0.2) is 0 Å². The summed E-state index contributed by atoms with van der Waals surface area (Å²) < 4.78 is 17.2. The molecule has 0 aromatic heterocycles. The molecular formula is C36H50N4O6S. The fraction of sp³-hybridized carbons (Fsp3) is 0.583. The number of aryl methyl sites for hydroxylation is 1. The van der Waals surface area contributed by atoms with Crippen LogP contribution in [0.25, 0.3) is 11.1 Å². The van der Waals surface area contributed by atoms with Gasteiger partial charge in [0, 0.05) is 25.1 Å². The van der Waals surface area contributed by atoms with Crippen molar-refractivity contribution in [3.63, 3.8) is 0 Å². The molecule has 2 aliphatic heterocycles. The monoisotopic (exact) mass is 666 g/mol. The molecule has 2 saturated heterocycles. The van der Waals surface area contributed by atoms with Crippen molar-refractivity contribution in [1.29, 1.82) is 0 Å². The fourth-order valence-corrected chi connectivity index (χ4v) is 8.16. The molecule has 2 aromatic carbocycles. The normalized spacial score (nSPS) is 21.2. The van der Waals surface area contributed by atoms with Gasteiger partial charge in [0.25, 0.3) is 0 Å². The number of ether oxygens (including phenoxy) is 3. The Hall–Kier alpha value is -3.44. The van der Waals surface area contributed by atoms with Crippen LogP contribution in [0.3, 0.4) is 0 Å². The molecule has 0 bridgehead atoms. The van der Waals surface area contributed by atoms with Crippen LogP contribution in [0.15, 0.2) is 29.1 Å². The molecule has 4 unspecified atom stereocenters. The van der Waals surface area contributed by atoms with Crippen LogP contribution >= 0.6 is 11.8 Å². The second kappa shape index (κ2) is 16.1. The predicted octanol–water partition coefficient (Wildman–Crippen LogP) is 4.78. The van der Waals surface area contributed by atoms with Crippen molar-refractivity contribution < 1.29 is 23.8 Å². The molecule has 2 aromatic rings. The Morgan fingerprint density at radius 2 is 1.79 bits per heavy atom. The van der Waals surface area contributed by atoms with Crippen LogP contribution in [0.4, 0.5) is 5.69 Å². The first kappa shape index (κ1) is 34.9. The van der Waals surface area contributed by atoms with E-state index in [1.807, 2.05) is 18.4 Å². The van der Waals surface area contributed by atoms with E-state index < -0.39 is 12.1 Å². The van der Waals surface area contributed by atoms with Crippen molar-refractivity contribution in [2.24, 2.45) is 5.92 Å². The SMILES string of the molecule is COc1cc2c(c(OC)c1OC)-c1ccc(NC(CCSC)C(=O)NCC3CCCN4CCCCC34)c(=O)cc1C(NC(C)=O)CC2. The standard InChI is InChI=1S/C36H50N4O6S/c1-22(41)38-27-13-11-23-19-32(44-2)34(45-3)35(46-4)33(23)25-12-14-28(31(42)20-26(25)27)39-29(15-18-47-5)36(43)37-21-24-9-8-17-40-16-7-6-10-30(24)40/h12,14,19-20,24,27,29-30H,6-11,13,15-18,21H2,1-5H3,(H,37,43)(H,38,41)(H,39,42). The molecule has 10 nitrogen and oxygen atoms in total. The third-order valence-electron chi connectivity index (χ3n) is 9.94. The van der Waals surface area contributed by atoms with Crippen LogP contribution < -0.4 is 35.6 Å². The summed E-state index contributed by atoms with van der Waals surface area (Å²) in [5, 5.41) is 9.63. The van der Waals surface area contributed by atoms with Gasteiger partial charge in [-0.15, -0.1) is 0 Å². The molecule has 3 aliphatic rings. The smallest absolute Gasteiger partial charge is 0.242 e. The molecule has 1 aliphatic carbocycles. The number of fused-ring (bicyclic) bond motifs is 4. The molecule has 5 rings (SSSR count). The van der Waals surface area contributed by atoms with Crippen LogP contribution in [0.1, 0.15) is 69.0 Å². The molecule has 0 radical (unpaired) electrons. The molecule has 0 saturated carbocycles. The zero-order valence-electron chi connectivity index (χ0n) is 28.4. The summed E-state index contributed by atoms with van der Waals surface area (Å²) in [6.07, 6.45) is 9.80. The maximum absolute atomic E-state index is 13.9. The topological polar surface area (TPSA) is 118 Å². The summed E-state index contributed by atoms with van der Waals surface area (Å²) in [6.45, 7) is 4.45. The highest BCUT2D eigenvalue weighted by Gasteiger charge is 2.34. The number of methoxy groups -OCH3 is 3. The van der Waals surface area contributed by atoms with Crippen molar-refractivity contribution >= 4 is 29.3 Å². The number of carbonyl (C=O) groups is 2. The van der Waals surface area contributed by atoms with E-state index in [1.54, 1.807) is 45.2 Å². The third-order valence-corrected chi connectivity index (χ3v) is 10.6. The summed E-state index contributed by atoms with van der Waals surface area (Å²) in [5.41, 5.74) is 3.25. The van der Waals surface area contributed by atoms with E-state index in [0.717, 1.165) is 42.0 Å². The van der Waals surface area contributed by atoms with Crippen LogP contribution in [0, 0.1) is 5.92 Å². The molecule has 3 N–H and O–H groups in total. The van der Waals surface area contributed by atoms with Gasteiger partial charge in [-0.1, -0.05) is 12.5 Å². The van der Waals surface area contributed by atoms with Crippen molar-refractivity contribution in [2.75, 3.05) is 58.3 Å². The Morgan fingerprint density at radius 1 is 1.00 bits per heavy atom. The maximum Gasteiger partial charge on any atom is 0.242 e. The number of anilines is 1. The quantitative estimate of drug-likeness (QED) is 0.294. The van der Waals surface area contributed by atoms with E-state index in [4.69, 9.17) is 14.2 Å². The van der Waals surface area contributed by atoms with Crippen LogP contribution in [0.2, 0.25) is 0 Å². The summed E-state index contributed by atoms with van der Waals surface area (Å²) in [5.74, 6) is 2.44. The first-order valence-corrected chi connectivity index (χ1v) is 18.2. The average Bonchev–Trinajstić information content (AvgIpc) is 3.32. The van der Waals surface area contributed by atoms with Crippen LogP contribution in [0.5, 0.6) is 17.2 Å². The highest BCUT2D eigenvalue weighted by molar-refractivity contribution is 7.98. The minimum atomic E-state index is -0.569. The molecule has 47 heavy (non-hydrogen) atoms. The number of piperidine rings is 2. The Labute approximate surface area is 282 Å². The Kier molecular flexibility index (Phi) is 12.0. The second-order valence-electron chi connectivity index (χ2n) is 12.8. The number of nitrogens with one attached hydrogen (secondary N) is 3. The summed E-state index contributed by atoms with van der Waals surface area (Å²) in [4.78, 5) is 42.6. The lowest BCUT2D eigenvalue weighted by molar-refractivity contribution is -0.122. The molecule has 2 fully saturated rings. The van der Waals surface area contributed by atoms with E-state index in [1.165, 1.54) is 32.6 Å². The van der Waals surface area contributed by atoms with Gasteiger partial charge >= 0.3 is 0 Å². The van der Waals surface area contributed by atoms with Crippen molar-refractivity contribution in [1.82, 2.24) is 15.5 Å². The van der Waals surface area contributed by atoms with Crippen LogP contribution in [-0.4, -0.2) is 81.8 Å². The lowest BCUT2D eigenvalue weighted by atomic mass is 9.83. The van der Waals surface area contributed by atoms with E-state index in [0.29, 0.717) is 66.3 Å². The van der Waals surface area contributed by atoms with E-state index in [-0.39, 0.29) is 17.2 Å². The molecule has 2 heterocycles. The lowest BCUT2D eigenvalue weighted by Gasteiger charge is -2.44. The van der Waals surface area contributed by atoms with Crippen molar-refractivity contribution in [3.05, 3.63) is 45.6 Å². The third kappa shape index (κ3) is 7.83. The number of thioether (sulfide) groups is 1. The summed E-state index contributed by atoms with van der Waals surface area (Å²) >= 11 is 1.67. The zero-order valence-corrected chi connectivity index (χ0v) is 29.2. The number of benzene rings is 1. The van der Waals surface area contributed by atoms with Crippen LogP contribution in [-0.2, 0) is 16.0 Å². The molecular weight excluding hydrogens is 616 g/mol. The van der Waals surface area contributed by atoms with Crippen molar-refractivity contribution in [3.8, 4) is 28.4 Å². The Balaban J connectivity index is 1.48. The summed E-state index contributed by atoms with van der Waals surface area (Å²) in [7, 11) is 4.72. The molecule has 256 valence electrons. The van der Waals surface area contributed by atoms with Gasteiger partial charge in [0.1, 0.15) is 6.04 Å². The van der Waals surface area contributed by atoms with Gasteiger partial charge in [0.2, 0.25) is 23.0 Å². The highest BCUT2D eigenvalue weighted by Crippen LogP contribution is 2.50. The number of nitrogens with zero attached hydrogens (tertiary/aromatic N) is 1. The largest absolute Gasteiger partial charge is 0.493 e. The lowest BCUT2D eigenvalue weighted by Crippen LogP contribution is -2.52. The Morgan fingerprint density at radius 3 is 2.51 bits per heavy atom. The maximum atomic E-state index is 13.9. The average molecular weight is 667 g/mol. The summed E-state index contributed by atoms with van der Waals surface area (Å²) in [6, 6.07) is 6.72. The van der Waals surface area contributed by atoms with E-state index in [2.05, 4.69) is 20.9 Å². The second-order valence-corrected chi connectivity index (χ2v) is 13.8. The Bertz CT molecular complexity index is 1500. The number of hydrogen-bond acceptors (Lipinski definition) is 9. The number of carbonyl (C=O) groups excluding carboxylic acids is 2. The number of hydrogen-bond donors (Lipinski definition) is 3. The molecule has 4 atom stereocenters. The number of amides is 2. The van der Waals surface area contributed by atoms with E-state index in [9.17, 15) is 14.4 Å². The van der Waals surface area contributed by atoms with Gasteiger partial charge in [0.15, 0.2) is 11.5 Å². The number of rotatable bonds is 12. The minimum Gasteiger partial charge on any atom is -0.493 e. The highest BCUT2D eigenvalue weighted by atomic mass is 32.2. The fourth-order valence-electron chi connectivity index (χ4n) is 7.69. The zero-order chi connectivity index (χ0) is 33.5. The van der Waals surface area contributed by atoms with Gasteiger partial charge in [0.05, 0.1) is 33.1 Å². The first-order valence-electron chi connectivity index (χ1n) is 16.8.